The van der Waals surface area contributed by atoms with E-state index in [-0.39, 0.29) is 6.29 Å². The van der Waals surface area contributed by atoms with Gasteiger partial charge in [0.05, 0.1) is 0 Å². The minimum atomic E-state index is -0.00188. The fourth-order valence-electron chi connectivity index (χ4n) is 4.22. The molecule has 0 aliphatic heterocycles. The van der Waals surface area contributed by atoms with E-state index < -0.39 is 0 Å². The fraction of sp³-hybridized carbons (Fsp3) is 0.733. The highest BCUT2D eigenvalue weighted by atomic mass is 35.7. The van der Waals surface area contributed by atoms with Gasteiger partial charge in [-0.2, -0.15) is 0 Å². The summed E-state index contributed by atoms with van der Waals surface area (Å²) < 4.78 is 12.1. The maximum atomic E-state index is 6.17. The monoisotopic (exact) mass is 510 g/mol. The molecule has 1 aromatic rings. The highest BCUT2D eigenvalue weighted by Gasteiger charge is 2.10. The van der Waals surface area contributed by atoms with E-state index in [4.69, 9.17) is 20.7 Å². The first-order chi connectivity index (χ1) is 16.5. The molecule has 0 radical (unpaired) electrons. The van der Waals surface area contributed by atoms with Crippen molar-refractivity contribution in [3.63, 3.8) is 0 Å². The third kappa shape index (κ3) is 13.6. The van der Waals surface area contributed by atoms with Crippen LogP contribution in [0.25, 0.3) is 0 Å². The molecule has 0 heterocycles. The molecular formula is C30H52ClO2P. The van der Waals surface area contributed by atoms with Crippen molar-refractivity contribution in [1.29, 1.82) is 0 Å². The predicted octanol–water partition coefficient (Wildman–Crippen LogP) is 9.64. The van der Waals surface area contributed by atoms with Gasteiger partial charge in [-0.05, 0) is 112 Å². The molecule has 0 aliphatic carbocycles. The average molecular weight is 511 g/mol. The van der Waals surface area contributed by atoms with Gasteiger partial charge >= 0.3 is 0 Å². The summed E-state index contributed by atoms with van der Waals surface area (Å²) in [6.45, 7) is 12.8. The molecule has 2 nitrogen and oxygen atoms in total. The van der Waals surface area contributed by atoms with Crippen LogP contribution >= 0.6 is 19.2 Å². The van der Waals surface area contributed by atoms with Gasteiger partial charge in [0.25, 0.3) is 0 Å². The Labute approximate surface area is 218 Å². The number of aryl methyl sites for hydroxylation is 1. The van der Waals surface area contributed by atoms with Crippen molar-refractivity contribution in [1.82, 2.24) is 0 Å². The molecule has 196 valence electrons. The topological polar surface area (TPSA) is 18.5 Å². The zero-order valence-corrected chi connectivity index (χ0v) is 24.6. The Morgan fingerprint density at radius 1 is 0.765 bits per heavy atom. The summed E-state index contributed by atoms with van der Waals surface area (Å²) in [5, 5.41) is 1.32. The quantitative estimate of drug-likeness (QED) is 0.0708. The van der Waals surface area contributed by atoms with Crippen LogP contribution in [-0.2, 0) is 15.9 Å². The van der Waals surface area contributed by atoms with Crippen molar-refractivity contribution in [2.75, 3.05) is 13.2 Å². The second-order valence-electron chi connectivity index (χ2n) is 9.64. The largest absolute Gasteiger partial charge is 0.353 e. The van der Waals surface area contributed by atoms with Crippen LogP contribution < -0.4 is 5.30 Å². The van der Waals surface area contributed by atoms with Gasteiger partial charge in [0.1, 0.15) is 0 Å². The molecule has 0 aromatic heterocycles. The third-order valence-corrected chi connectivity index (χ3v) is 8.16. The number of hydrogen-bond donors (Lipinski definition) is 0. The first-order valence-electron chi connectivity index (χ1n) is 13.9. The van der Waals surface area contributed by atoms with Gasteiger partial charge in [-0.3, -0.25) is 0 Å². The molecule has 0 N–H and O–H groups in total. The molecule has 1 aromatic carbocycles. The summed E-state index contributed by atoms with van der Waals surface area (Å²) in [7, 11) is 0.362. The smallest absolute Gasteiger partial charge is 0.157 e. The summed E-state index contributed by atoms with van der Waals surface area (Å²) in [4.78, 5) is 0. The molecule has 0 saturated heterocycles. The van der Waals surface area contributed by atoms with E-state index in [9.17, 15) is 0 Å². The molecule has 1 rings (SSSR count). The minimum absolute atomic E-state index is 0.00188. The van der Waals surface area contributed by atoms with Crippen molar-refractivity contribution in [3.8, 4) is 0 Å². The lowest BCUT2D eigenvalue weighted by molar-refractivity contribution is -0.148. The Morgan fingerprint density at radius 3 is 1.97 bits per heavy atom. The number of rotatable bonds is 21. The number of allylic oxidation sites excluding steroid dienone is 2. The van der Waals surface area contributed by atoms with Crippen molar-refractivity contribution < 1.29 is 9.47 Å². The SMILES string of the molecule is CCCCCOC(CCCCC/C=C/CCCc1cc(PCl)c(C)c(C)c1C)OCCCCC. The first-order valence-corrected chi connectivity index (χ1v) is 15.9. The zero-order valence-electron chi connectivity index (χ0n) is 22.8. The molecular weight excluding hydrogens is 459 g/mol. The van der Waals surface area contributed by atoms with Gasteiger partial charge in [0.2, 0.25) is 0 Å². The van der Waals surface area contributed by atoms with E-state index in [1.54, 1.807) is 0 Å². The minimum Gasteiger partial charge on any atom is -0.353 e. The van der Waals surface area contributed by atoms with E-state index in [0.717, 1.165) is 45.3 Å². The molecule has 34 heavy (non-hydrogen) atoms. The summed E-state index contributed by atoms with van der Waals surface area (Å²) in [5.41, 5.74) is 5.70. The van der Waals surface area contributed by atoms with Gasteiger partial charge in [0.15, 0.2) is 6.29 Å². The lowest BCUT2D eigenvalue weighted by Crippen LogP contribution is -2.19. The molecule has 0 bridgehead atoms. The number of halogens is 1. The first kappa shape index (κ1) is 31.6. The van der Waals surface area contributed by atoms with Crippen molar-refractivity contribution in [2.24, 2.45) is 0 Å². The van der Waals surface area contributed by atoms with Crippen LogP contribution in [0.15, 0.2) is 18.2 Å². The molecule has 0 amide bonds. The molecule has 0 fully saturated rings. The Balaban J connectivity index is 2.20. The summed E-state index contributed by atoms with van der Waals surface area (Å²) in [6.07, 6.45) is 21.4. The Hall–Kier alpha value is -0.400. The van der Waals surface area contributed by atoms with Gasteiger partial charge in [-0.25, -0.2) is 0 Å². The van der Waals surface area contributed by atoms with Gasteiger partial charge in [0, 0.05) is 21.1 Å². The molecule has 0 spiro atoms. The zero-order chi connectivity index (χ0) is 25.0. The summed E-state index contributed by atoms with van der Waals surface area (Å²) in [5.74, 6) is 0. The number of unbranched alkanes of at least 4 members (excludes halogenated alkanes) is 8. The Morgan fingerprint density at radius 2 is 1.38 bits per heavy atom. The second kappa shape index (κ2) is 20.8. The van der Waals surface area contributed by atoms with Crippen LogP contribution in [0.3, 0.4) is 0 Å². The van der Waals surface area contributed by atoms with Crippen molar-refractivity contribution >= 4 is 24.5 Å². The van der Waals surface area contributed by atoms with Gasteiger partial charge in [-0.15, -0.1) is 0 Å². The Kier molecular flexibility index (Phi) is 19.3. The lowest BCUT2D eigenvalue weighted by Gasteiger charge is -2.18. The van der Waals surface area contributed by atoms with E-state index in [0.29, 0.717) is 7.93 Å². The molecule has 1 atom stereocenters. The summed E-state index contributed by atoms with van der Waals surface area (Å²) >= 11 is 6.17. The van der Waals surface area contributed by atoms with E-state index in [2.05, 4.69) is 52.8 Å². The lowest BCUT2D eigenvalue weighted by atomic mass is 9.95. The summed E-state index contributed by atoms with van der Waals surface area (Å²) in [6, 6.07) is 2.33. The van der Waals surface area contributed by atoms with Crippen LogP contribution in [0.5, 0.6) is 0 Å². The van der Waals surface area contributed by atoms with Crippen LogP contribution in [0.2, 0.25) is 0 Å². The highest BCUT2D eigenvalue weighted by Crippen LogP contribution is 2.25. The number of benzene rings is 1. The molecule has 0 aliphatic rings. The Bertz CT molecular complexity index is 662. The average Bonchev–Trinajstić information content (AvgIpc) is 2.84. The van der Waals surface area contributed by atoms with Crippen LogP contribution in [-0.4, -0.2) is 19.5 Å². The maximum absolute atomic E-state index is 6.17. The number of ether oxygens (including phenoxy) is 2. The highest BCUT2D eigenvalue weighted by molar-refractivity contribution is 7.75. The standard InChI is InChI=1S/C30H52ClO2P/c1-6-8-18-22-32-30(33-23-19-9-7-2)21-17-15-13-11-10-12-14-16-20-28-24-29(34-31)27(5)25(3)26(28)4/h10,12,24,30,34H,6-9,11,13-23H2,1-5H3/b12-10+. The van der Waals surface area contributed by atoms with E-state index in [1.807, 2.05) is 0 Å². The van der Waals surface area contributed by atoms with Gasteiger partial charge < -0.3 is 9.47 Å². The van der Waals surface area contributed by atoms with Crippen LogP contribution in [0, 0.1) is 20.8 Å². The molecule has 1 unspecified atom stereocenters. The van der Waals surface area contributed by atoms with E-state index in [1.165, 1.54) is 85.3 Å². The van der Waals surface area contributed by atoms with Crippen LogP contribution in [0.1, 0.15) is 120 Å². The number of hydrogen-bond acceptors (Lipinski definition) is 2. The third-order valence-electron chi connectivity index (χ3n) is 6.83. The van der Waals surface area contributed by atoms with Gasteiger partial charge in [-0.1, -0.05) is 69.3 Å². The second-order valence-corrected chi connectivity index (χ2v) is 10.9. The fourth-order valence-corrected chi connectivity index (χ4v) is 5.36. The maximum Gasteiger partial charge on any atom is 0.157 e. The van der Waals surface area contributed by atoms with E-state index >= 15 is 0 Å². The van der Waals surface area contributed by atoms with Crippen molar-refractivity contribution in [2.45, 2.75) is 131 Å². The molecule has 4 heteroatoms. The normalized spacial score (nSPS) is 12.2. The van der Waals surface area contributed by atoms with Crippen molar-refractivity contribution in [3.05, 3.63) is 40.5 Å². The molecule has 0 saturated carbocycles. The van der Waals surface area contributed by atoms with Crippen LogP contribution in [0.4, 0.5) is 0 Å². The predicted molar refractivity (Wildman–Crippen MR) is 154 cm³/mol.